The highest BCUT2D eigenvalue weighted by molar-refractivity contribution is 5.91. The summed E-state index contributed by atoms with van der Waals surface area (Å²) in [6.07, 6.45) is 2.35. The summed E-state index contributed by atoms with van der Waals surface area (Å²) in [5, 5.41) is 17.6. The Kier molecular flexibility index (Phi) is 5.06. The highest BCUT2D eigenvalue weighted by atomic mass is 16.5. The molecule has 0 spiro atoms. The van der Waals surface area contributed by atoms with Crippen molar-refractivity contribution < 1.29 is 14.6 Å². The molecule has 1 aliphatic heterocycles. The maximum Gasteiger partial charge on any atom is 0.239 e. The van der Waals surface area contributed by atoms with Crippen LogP contribution in [-0.2, 0) is 11.8 Å². The molecular formula is C18H24N4O3. The van der Waals surface area contributed by atoms with Crippen LogP contribution in [0.1, 0.15) is 12.0 Å². The minimum atomic E-state index is -0.937. The van der Waals surface area contributed by atoms with Gasteiger partial charge in [-0.15, -0.1) is 0 Å². The lowest BCUT2D eigenvalue weighted by atomic mass is 10.1. The zero-order chi connectivity index (χ0) is 17.9. The minimum Gasteiger partial charge on any atom is -0.490 e. The van der Waals surface area contributed by atoms with Crippen molar-refractivity contribution >= 4 is 11.7 Å². The number of aliphatic hydroxyl groups is 1. The van der Waals surface area contributed by atoms with E-state index in [1.54, 1.807) is 24.0 Å². The molecular weight excluding hydrogens is 320 g/mol. The van der Waals surface area contributed by atoms with Gasteiger partial charge in [-0.3, -0.25) is 14.4 Å². The number of para-hydroxylation sites is 1. The topological polar surface area (TPSA) is 79.6 Å². The van der Waals surface area contributed by atoms with E-state index in [1.807, 2.05) is 36.1 Å². The van der Waals surface area contributed by atoms with E-state index < -0.39 is 5.60 Å². The third-order valence-corrected chi connectivity index (χ3v) is 4.35. The number of β-amino-alcohol motifs (C(OH)–C–C–N with tert-alkyl or cyclic N) is 1. The van der Waals surface area contributed by atoms with Crippen LogP contribution in [0, 0.1) is 6.92 Å². The predicted molar refractivity (Wildman–Crippen MR) is 94.5 cm³/mol. The summed E-state index contributed by atoms with van der Waals surface area (Å²) in [6, 6.07) is 9.48. The van der Waals surface area contributed by atoms with Gasteiger partial charge in [0.1, 0.15) is 18.0 Å². The molecule has 0 saturated carbocycles. The highest BCUT2D eigenvalue weighted by Crippen LogP contribution is 2.24. The van der Waals surface area contributed by atoms with E-state index in [9.17, 15) is 9.90 Å². The zero-order valence-electron chi connectivity index (χ0n) is 14.6. The Bertz CT molecular complexity index is 745. The van der Waals surface area contributed by atoms with Gasteiger partial charge in [0.05, 0.1) is 6.54 Å². The second-order valence-corrected chi connectivity index (χ2v) is 6.66. The number of carbonyl (C=O) groups is 1. The second kappa shape index (κ2) is 7.25. The number of anilines is 1. The molecule has 1 saturated heterocycles. The van der Waals surface area contributed by atoms with Crippen LogP contribution in [0.25, 0.3) is 0 Å². The van der Waals surface area contributed by atoms with Crippen molar-refractivity contribution in [3.63, 3.8) is 0 Å². The molecule has 2 aromatic rings. The van der Waals surface area contributed by atoms with Crippen molar-refractivity contribution in [2.45, 2.75) is 18.9 Å². The number of nitrogens with one attached hydrogen (secondary N) is 1. The number of carbonyl (C=O) groups excluding carboxylic acids is 1. The Balaban J connectivity index is 1.48. The second-order valence-electron chi connectivity index (χ2n) is 6.66. The molecule has 0 aliphatic carbocycles. The first-order valence-corrected chi connectivity index (χ1v) is 8.36. The van der Waals surface area contributed by atoms with Crippen LogP contribution in [0.5, 0.6) is 5.75 Å². The lowest BCUT2D eigenvalue weighted by Crippen LogP contribution is -2.41. The monoisotopic (exact) mass is 344 g/mol. The van der Waals surface area contributed by atoms with Crippen LogP contribution in [0.4, 0.5) is 5.82 Å². The molecule has 134 valence electrons. The van der Waals surface area contributed by atoms with Crippen molar-refractivity contribution in [1.29, 1.82) is 0 Å². The molecule has 0 radical (unpaired) electrons. The number of ether oxygens (including phenoxy) is 1. The molecule has 0 bridgehead atoms. The van der Waals surface area contributed by atoms with E-state index in [2.05, 4.69) is 10.4 Å². The minimum absolute atomic E-state index is 0.136. The fraction of sp³-hybridized carbons (Fsp3) is 0.444. The van der Waals surface area contributed by atoms with Crippen molar-refractivity contribution in [3.8, 4) is 5.75 Å². The normalized spacial score (nSPS) is 20.6. The molecule has 1 aliphatic rings. The summed E-state index contributed by atoms with van der Waals surface area (Å²) in [4.78, 5) is 14.0. The van der Waals surface area contributed by atoms with Gasteiger partial charge in [0.15, 0.2) is 5.82 Å². The van der Waals surface area contributed by atoms with Gasteiger partial charge in [-0.25, -0.2) is 0 Å². The number of rotatable bonds is 6. The van der Waals surface area contributed by atoms with Crippen LogP contribution in [0.2, 0.25) is 0 Å². The van der Waals surface area contributed by atoms with Gasteiger partial charge in [-0.2, -0.15) is 5.10 Å². The third-order valence-electron chi connectivity index (χ3n) is 4.35. The van der Waals surface area contributed by atoms with Gasteiger partial charge >= 0.3 is 0 Å². The fourth-order valence-corrected chi connectivity index (χ4v) is 2.99. The number of hydrogen-bond acceptors (Lipinski definition) is 5. The molecule has 1 aromatic heterocycles. The molecule has 7 nitrogen and oxygen atoms in total. The fourth-order valence-electron chi connectivity index (χ4n) is 2.99. The maximum atomic E-state index is 12.1. The van der Waals surface area contributed by atoms with E-state index in [4.69, 9.17) is 4.74 Å². The maximum absolute atomic E-state index is 12.1. The standard InChI is InChI=1S/C18H24N4O3/c1-14-5-3-4-6-15(14)25-13-18(24)8-10-22(12-18)11-17(23)19-16-7-9-21(2)20-16/h3-7,9,24H,8,10-13H2,1-2H3,(H,19,20,23)/t18-/m0/s1. The van der Waals surface area contributed by atoms with E-state index in [1.165, 1.54) is 0 Å². The summed E-state index contributed by atoms with van der Waals surface area (Å²) in [5.74, 6) is 1.18. The predicted octanol–water partition coefficient (Wildman–Crippen LogP) is 1.18. The van der Waals surface area contributed by atoms with Gasteiger partial charge in [-0.05, 0) is 25.0 Å². The lowest BCUT2D eigenvalue weighted by Gasteiger charge is -2.24. The van der Waals surface area contributed by atoms with Crippen LogP contribution >= 0.6 is 0 Å². The summed E-state index contributed by atoms with van der Waals surface area (Å²) in [7, 11) is 1.80. The average Bonchev–Trinajstić information content (AvgIpc) is 3.13. The number of aromatic nitrogens is 2. The Morgan fingerprint density at radius 2 is 2.20 bits per heavy atom. The summed E-state index contributed by atoms with van der Waals surface area (Å²) >= 11 is 0. The molecule has 2 heterocycles. The quantitative estimate of drug-likeness (QED) is 0.823. The number of hydrogen-bond donors (Lipinski definition) is 2. The summed E-state index contributed by atoms with van der Waals surface area (Å²) in [5.41, 5.74) is 0.101. The van der Waals surface area contributed by atoms with Gasteiger partial charge in [0.25, 0.3) is 0 Å². The van der Waals surface area contributed by atoms with Gasteiger partial charge in [0.2, 0.25) is 5.91 Å². The van der Waals surface area contributed by atoms with Crippen molar-refractivity contribution in [2.75, 3.05) is 31.6 Å². The van der Waals surface area contributed by atoms with Crippen LogP contribution in [-0.4, -0.2) is 57.5 Å². The molecule has 1 fully saturated rings. The first-order chi connectivity index (χ1) is 11.9. The van der Waals surface area contributed by atoms with Crippen LogP contribution < -0.4 is 10.1 Å². The number of aryl methyl sites for hydroxylation is 2. The van der Waals surface area contributed by atoms with Gasteiger partial charge < -0.3 is 15.2 Å². The number of benzene rings is 1. The van der Waals surface area contributed by atoms with Gasteiger partial charge in [0, 0.05) is 32.4 Å². The molecule has 1 amide bonds. The zero-order valence-corrected chi connectivity index (χ0v) is 14.6. The van der Waals surface area contributed by atoms with Crippen LogP contribution in [0.3, 0.4) is 0 Å². The molecule has 1 aromatic carbocycles. The van der Waals surface area contributed by atoms with Crippen molar-refractivity contribution in [1.82, 2.24) is 14.7 Å². The van der Waals surface area contributed by atoms with Crippen molar-refractivity contribution in [3.05, 3.63) is 42.1 Å². The third kappa shape index (κ3) is 4.58. The largest absolute Gasteiger partial charge is 0.490 e. The van der Waals surface area contributed by atoms with Crippen molar-refractivity contribution in [2.24, 2.45) is 7.05 Å². The Hall–Kier alpha value is -2.38. The Morgan fingerprint density at radius 1 is 1.40 bits per heavy atom. The number of nitrogens with zero attached hydrogens (tertiary/aromatic N) is 3. The molecule has 2 N–H and O–H groups in total. The Morgan fingerprint density at radius 3 is 2.92 bits per heavy atom. The molecule has 7 heteroatoms. The number of likely N-dealkylation sites (tertiary alicyclic amines) is 1. The smallest absolute Gasteiger partial charge is 0.239 e. The molecule has 3 rings (SSSR count). The van der Waals surface area contributed by atoms with E-state index in [0.717, 1.165) is 11.3 Å². The SMILES string of the molecule is Cc1ccccc1OC[C@]1(O)CCN(CC(=O)Nc2ccn(C)n2)C1. The number of amides is 1. The first kappa shape index (κ1) is 17.4. The van der Waals surface area contributed by atoms with E-state index in [-0.39, 0.29) is 19.1 Å². The summed E-state index contributed by atoms with van der Waals surface area (Å²) < 4.78 is 7.42. The lowest BCUT2D eigenvalue weighted by molar-refractivity contribution is -0.117. The average molecular weight is 344 g/mol. The van der Waals surface area contributed by atoms with E-state index >= 15 is 0 Å². The van der Waals surface area contributed by atoms with Gasteiger partial charge in [-0.1, -0.05) is 18.2 Å². The first-order valence-electron chi connectivity index (χ1n) is 8.36. The summed E-state index contributed by atoms with van der Waals surface area (Å²) in [6.45, 7) is 3.49. The Labute approximate surface area is 147 Å². The molecule has 1 atom stereocenters. The van der Waals surface area contributed by atoms with Crippen LogP contribution in [0.15, 0.2) is 36.5 Å². The van der Waals surface area contributed by atoms with E-state index in [0.29, 0.717) is 25.3 Å². The molecule has 0 unspecified atom stereocenters. The highest BCUT2D eigenvalue weighted by Gasteiger charge is 2.37. The molecule has 25 heavy (non-hydrogen) atoms.